The highest BCUT2D eigenvalue weighted by Crippen LogP contribution is 2.24. The van der Waals surface area contributed by atoms with Crippen LogP contribution in [0.1, 0.15) is 61.3 Å². The van der Waals surface area contributed by atoms with Gasteiger partial charge in [0.1, 0.15) is 0 Å². The minimum atomic E-state index is -0.140. The van der Waals surface area contributed by atoms with E-state index in [0.29, 0.717) is 17.8 Å². The van der Waals surface area contributed by atoms with Crippen molar-refractivity contribution in [2.24, 2.45) is 0 Å². The Bertz CT molecular complexity index is 917. The Morgan fingerprint density at radius 1 is 1.18 bits per heavy atom. The normalized spacial score (nSPS) is 12.6. The smallest absolute Gasteiger partial charge is 0.257 e. The number of likely N-dealkylation sites (N-methyl/N-ethyl adjacent to an activating group) is 1. The van der Waals surface area contributed by atoms with Gasteiger partial charge in [-0.05, 0) is 30.6 Å². The molecule has 3 aromatic rings. The Kier molecular flexibility index (Phi) is 6.41. The zero-order valence-electron chi connectivity index (χ0n) is 17.0. The van der Waals surface area contributed by atoms with Crippen molar-refractivity contribution in [1.82, 2.24) is 20.4 Å². The molecule has 0 aliphatic carbocycles. The fraction of sp³-hybridized carbons (Fsp3) is 0.409. The molecule has 0 fully saturated rings. The average molecular weight is 380 g/mol. The molecule has 0 radical (unpaired) electrons. The molecular weight excluding hydrogens is 352 g/mol. The van der Waals surface area contributed by atoms with E-state index in [1.807, 2.05) is 38.1 Å². The van der Waals surface area contributed by atoms with Gasteiger partial charge in [0.2, 0.25) is 0 Å². The van der Waals surface area contributed by atoms with Crippen LogP contribution < -0.4 is 5.32 Å². The van der Waals surface area contributed by atoms with Crippen molar-refractivity contribution >= 4 is 17.0 Å². The molecule has 2 heterocycles. The number of carbonyl (C=O) groups is 1. The molecule has 1 N–H and O–H groups in total. The minimum absolute atomic E-state index is 0.124. The Morgan fingerprint density at radius 2 is 1.89 bits per heavy atom. The number of pyridine rings is 1. The number of hydrogen-bond donors (Lipinski definition) is 1. The highest BCUT2D eigenvalue weighted by atomic mass is 16.5. The number of nitrogens with zero attached hydrogens (tertiary/aromatic N) is 3. The summed E-state index contributed by atoms with van der Waals surface area (Å²) in [6.45, 7) is 10.7. The van der Waals surface area contributed by atoms with Crippen molar-refractivity contribution in [3.05, 3.63) is 59.4 Å². The lowest BCUT2D eigenvalue weighted by Crippen LogP contribution is -2.38. The van der Waals surface area contributed by atoms with Crippen LogP contribution in [0.25, 0.3) is 11.1 Å². The molecule has 3 rings (SSSR count). The van der Waals surface area contributed by atoms with Crippen molar-refractivity contribution in [1.29, 1.82) is 0 Å². The summed E-state index contributed by atoms with van der Waals surface area (Å²) in [5.74, 6) is 0.0601. The fourth-order valence-corrected chi connectivity index (χ4v) is 3.48. The second-order valence-electron chi connectivity index (χ2n) is 7.16. The van der Waals surface area contributed by atoms with E-state index in [4.69, 9.17) is 4.52 Å². The highest BCUT2D eigenvalue weighted by molar-refractivity contribution is 5.97. The van der Waals surface area contributed by atoms with Crippen LogP contribution in [0.15, 0.2) is 47.1 Å². The van der Waals surface area contributed by atoms with Gasteiger partial charge in [-0.2, -0.15) is 0 Å². The Balaban J connectivity index is 1.79. The van der Waals surface area contributed by atoms with Crippen molar-refractivity contribution in [3.8, 4) is 0 Å². The molecule has 1 atom stereocenters. The van der Waals surface area contributed by atoms with Gasteiger partial charge in [-0.15, -0.1) is 0 Å². The number of rotatable bonds is 8. The first-order valence-electron chi connectivity index (χ1n) is 9.87. The van der Waals surface area contributed by atoms with Gasteiger partial charge in [-0.1, -0.05) is 63.2 Å². The molecule has 1 unspecified atom stereocenters. The summed E-state index contributed by atoms with van der Waals surface area (Å²) in [5.41, 5.74) is 3.00. The van der Waals surface area contributed by atoms with Crippen LogP contribution in [-0.4, -0.2) is 40.6 Å². The summed E-state index contributed by atoms with van der Waals surface area (Å²) in [6, 6.07) is 12.2. The van der Waals surface area contributed by atoms with E-state index in [9.17, 15) is 4.79 Å². The summed E-state index contributed by atoms with van der Waals surface area (Å²) in [7, 11) is 0. The third-order valence-electron chi connectivity index (χ3n) is 5.06. The summed E-state index contributed by atoms with van der Waals surface area (Å²) >= 11 is 0. The second kappa shape index (κ2) is 8.97. The van der Waals surface area contributed by atoms with E-state index in [-0.39, 0.29) is 17.9 Å². The van der Waals surface area contributed by atoms with Crippen LogP contribution in [0.5, 0.6) is 0 Å². The van der Waals surface area contributed by atoms with Gasteiger partial charge in [0, 0.05) is 12.7 Å². The van der Waals surface area contributed by atoms with Crippen LogP contribution in [0, 0.1) is 0 Å². The monoisotopic (exact) mass is 380 g/mol. The molecule has 0 saturated carbocycles. The number of hydrogen-bond acceptors (Lipinski definition) is 5. The number of carbonyl (C=O) groups excluding carboxylic acids is 1. The summed E-state index contributed by atoms with van der Waals surface area (Å²) in [6.07, 6.45) is 1.54. The third-order valence-corrected chi connectivity index (χ3v) is 5.06. The Hall–Kier alpha value is -2.73. The summed E-state index contributed by atoms with van der Waals surface area (Å²) in [4.78, 5) is 19.4. The van der Waals surface area contributed by atoms with Crippen LogP contribution in [0.4, 0.5) is 0 Å². The largest absolute Gasteiger partial charge is 0.350 e. The third kappa shape index (κ3) is 4.22. The number of fused-ring (bicyclic) bond motifs is 1. The average Bonchev–Trinajstić information content (AvgIpc) is 3.15. The molecule has 0 aliphatic heterocycles. The standard InChI is InChI=1S/C22H28N4O2/c1-5-26(6-2)19(16-10-8-7-9-11-16)14-23-21(27)17-12-18-20(15(3)4)25-28-22(18)24-13-17/h7-13,15,19H,5-6,14H2,1-4H3,(H,23,27). The zero-order valence-corrected chi connectivity index (χ0v) is 17.0. The van der Waals surface area contributed by atoms with E-state index in [2.05, 4.69) is 46.3 Å². The van der Waals surface area contributed by atoms with Gasteiger partial charge in [0.15, 0.2) is 0 Å². The topological polar surface area (TPSA) is 71.3 Å². The molecule has 6 heteroatoms. The predicted octanol–water partition coefficient (Wildman–Crippen LogP) is 4.16. The molecule has 0 aliphatic rings. The van der Waals surface area contributed by atoms with Crippen LogP contribution in [0.3, 0.4) is 0 Å². The summed E-state index contributed by atoms with van der Waals surface area (Å²) < 4.78 is 5.26. The minimum Gasteiger partial charge on any atom is -0.350 e. The lowest BCUT2D eigenvalue weighted by Gasteiger charge is -2.30. The maximum Gasteiger partial charge on any atom is 0.257 e. The maximum atomic E-state index is 12.8. The number of benzene rings is 1. The highest BCUT2D eigenvalue weighted by Gasteiger charge is 2.20. The summed E-state index contributed by atoms with van der Waals surface area (Å²) in [5, 5.41) is 7.96. The maximum absolute atomic E-state index is 12.8. The number of amides is 1. The van der Waals surface area contributed by atoms with Gasteiger partial charge in [-0.3, -0.25) is 9.69 Å². The lowest BCUT2D eigenvalue weighted by molar-refractivity contribution is 0.0934. The predicted molar refractivity (Wildman–Crippen MR) is 110 cm³/mol. The van der Waals surface area contributed by atoms with E-state index < -0.39 is 0 Å². The quantitative estimate of drug-likeness (QED) is 0.635. The second-order valence-corrected chi connectivity index (χ2v) is 7.16. The van der Waals surface area contributed by atoms with Crippen molar-refractivity contribution in [2.75, 3.05) is 19.6 Å². The molecule has 148 valence electrons. The Morgan fingerprint density at radius 3 is 2.54 bits per heavy atom. The van der Waals surface area contributed by atoms with Crippen LogP contribution in [0.2, 0.25) is 0 Å². The first-order valence-corrected chi connectivity index (χ1v) is 9.87. The molecule has 0 bridgehead atoms. The molecule has 28 heavy (non-hydrogen) atoms. The molecule has 0 saturated heterocycles. The van der Waals surface area contributed by atoms with Gasteiger partial charge in [0.25, 0.3) is 11.6 Å². The van der Waals surface area contributed by atoms with E-state index in [0.717, 1.165) is 24.2 Å². The SMILES string of the molecule is CCN(CC)C(CNC(=O)c1cnc2onc(C(C)C)c2c1)c1ccccc1. The van der Waals surface area contributed by atoms with Gasteiger partial charge in [-0.25, -0.2) is 4.98 Å². The van der Waals surface area contributed by atoms with Crippen LogP contribution in [-0.2, 0) is 0 Å². The van der Waals surface area contributed by atoms with Gasteiger partial charge >= 0.3 is 0 Å². The number of aromatic nitrogens is 2. The molecular formula is C22H28N4O2. The van der Waals surface area contributed by atoms with Crippen molar-refractivity contribution in [3.63, 3.8) is 0 Å². The van der Waals surface area contributed by atoms with E-state index in [1.165, 1.54) is 5.56 Å². The zero-order chi connectivity index (χ0) is 20.1. The van der Waals surface area contributed by atoms with Gasteiger partial charge in [0.05, 0.1) is 22.7 Å². The lowest BCUT2D eigenvalue weighted by atomic mass is 10.0. The molecule has 0 spiro atoms. The Labute approximate surface area is 165 Å². The number of nitrogens with one attached hydrogen (secondary N) is 1. The molecule has 2 aromatic heterocycles. The van der Waals surface area contributed by atoms with E-state index in [1.54, 1.807) is 6.20 Å². The van der Waals surface area contributed by atoms with Crippen molar-refractivity contribution < 1.29 is 9.32 Å². The fourth-order valence-electron chi connectivity index (χ4n) is 3.48. The molecule has 1 aromatic carbocycles. The van der Waals surface area contributed by atoms with Gasteiger partial charge < -0.3 is 9.84 Å². The molecule has 6 nitrogen and oxygen atoms in total. The van der Waals surface area contributed by atoms with E-state index >= 15 is 0 Å². The first-order chi connectivity index (χ1) is 13.5. The van der Waals surface area contributed by atoms with Crippen LogP contribution >= 0.6 is 0 Å². The van der Waals surface area contributed by atoms with Crippen molar-refractivity contribution in [2.45, 2.75) is 39.7 Å². The molecule has 1 amide bonds. The first kappa shape index (κ1) is 20.0.